The standard InChI is InChI=1S/C24H24FN5O3/c25-21-5-2-17(3-6-21)1-4-19-12-20(15-26-23(19)30-7-9-33-10-8-30)24(32)27-16-22(31)11-18-13-28-29-14-18/h2-3,5-6,12-15,22,31H,7-11,16H2,(H,27,32)(H,28,29). The maximum atomic E-state index is 13.2. The highest BCUT2D eigenvalue weighted by Crippen LogP contribution is 2.20. The van der Waals surface area contributed by atoms with Crippen LogP contribution in [0.25, 0.3) is 0 Å². The number of aromatic nitrogens is 3. The van der Waals surface area contributed by atoms with Crippen LogP contribution in [-0.2, 0) is 11.2 Å². The van der Waals surface area contributed by atoms with Gasteiger partial charge in [-0.15, -0.1) is 0 Å². The Morgan fingerprint density at radius 1 is 1.24 bits per heavy atom. The minimum atomic E-state index is -0.745. The molecule has 170 valence electrons. The lowest BCUT2D eigenvalue weighted by atomic mass is 10.1. The van der Waals surface area contributed by atoms with Crippen molar-refractivity contribution in [2.45, 2.75) is 12.5 Å². The Labute approximate surface area is 190 Å². The van der Waals surface area contributed by atoms with E-state index in [9.17, 15) is 14.3 Å². The molecule has 4 rings (SSSR count). The van der Waals surface area contributed by atoms with E-state index in [2.05, 4.69) is 37.2 Å². The number of halogens is 1. The fourth-order valence-corrected chi connectivity index (χ4v) is 3.42. The summed E-state index contributed by atoms with van der Waals surface area (Å²) in [6.45, 7) is 2.60. The van der Waals surface area contributed by atoms with E-state index in [1.54, 1.807) is 30.6 Å². The van der Waals surface area contributed by atoms with E-state index in [1.165, 1.54) is 18.3 Å². The molecule has 0 saturated carbocycles. The van der Waals surface area contributed by atoms with Gasteiger partial charge in [0, 0.05) is 44.0 Å². The minimum absolute atomic E-state index is 0.0891. The van der Waals surface area contributed by atoms with E-state index < -0.39 is 6.10 Å². The van der Waals surface area contributed by atoms with Crippen LogP contribution in [0.2, 0.25) is 0 Å². The Kier molecular flexibility index (Phi) is 7.29. The lowest BCUT2D eigenvalue weighted by Gasteiger charge is -2.28. The van der Waals surface area contributed by atoms with Crippen LogP contribution in [0.15, 0.2) is 48.9 Å². The Hall–Kier alpha value is -3.74. The van der Waals surface area contributed by atoms with Crippen LogP contribution >= 0.6 is 0 Å². The zero-order chi connectivity index (χ0) is 23.0. The molecule has 1 amide bonds. The molecule has 0 radical (unpaired) electrons. The number of aliphatic hydroxyl groups is 1. The molecule has 3 aromatic rings. The van der Waals surface area contributed by atoms with Crippen molar-refractivity contribution >= 4 is 11.7 Å². The number of amides is 1. The van der Waals surface area contributed by atoms with Gasteiger partial charge in [0.25, 0.3) is 5.91 Å². The van der Waals surface area contributed by atoms with Crippen LogP contribution in [-0.4, -0.2) is 65.1 Å². The molecular formula is C24H24FN5O3. The predicted molar refractivity (Wildman–Crippen MR) is 120 cm³/mol. The molecule has 0 bridgehead atoms. The Balaban J connectivity index is 1.51. The quantitative estimate of drug-likeness (QED) is 0.493. The average Bonchev–Trinajstić information content (AvgIpc) is 3.35. The van der Waals surface area contributed by atoms with Gasteiger partial charge in [-0.05, 0) is 35.9 Å². The number of aliphatic hydroxyl groups excluding tert-OH is 1. The van der Waals surface area contributed by atoms with Gasteiger partial charge in [-0.3, -0.25) is 9.89 Å². The van der Waals surface area contributed by atoms with E-state index in [0.29, 0.717) is 55.2 Å². The van der Waals surface area contributed by atoms with Gasteiger partial charge in [-0.2, -0.15) is 5.10 Å². The number of hydrogen-bond acceptors (Lipinski definition) is 6. The molecule has 2 aromatic heterocycles. The summed E-state index contributed by atoms with van der Waals surface area (Å²) in [4.78, 5) is 19.3. The van der Waals surface area contributed by atoms with Crippen molar-refractivity contribution in [2.24, 2.45) is 0 Å². The molecular weight excluding hydrogens is 425 g/mol. The molecule has 0 aliphatic carbocycles. The zero-order valence-corrected chi connectivity index (χ0v) is 17.9. The van der Waals surface area contributed by atoms with Gasteiger partial charge in [0.2, 0.25) is 0 Å². The van der Waals surface area contributed by atoms with Gasteiger partial charge in [-0.1, -0.05) is 11.8 Å². The van der Waals surface area contributed by atoms with Gasteiger partial charge < -0.3 is 20.1 Å². The molecule has 0 spiro atoms. The summed E-state index contributed by atoms with van der Waals surface area (Å²) in [7, 11) is 0. The lowest BCUT2D eigenvalue weighted by molar-refractivity contribution is 0.0915. The maximum Gasteiger partial charge on any atom is 0.252 e. The SMILES string of the molecule is O=C(NCC(O)Cc1cn[nH]c1)c1cnc(N2CCOCC2)c(C#Cc2ccc(F)cc2)c1. The van der Waals surface area contributed by atoms with Crippen molar-refractivity contribution in [1.29, 1.82) is 0 Å². The number of ether oxygens (including phenoxy) is 1. The van der Waals surface area contributed by atoms with Crippen molar-refractivity contribution in [3.63, 3.8) is 0 Å². The largest absolute Gasteiger partial charge is 0.391 e. The molecule has 1 unspecified atom stereocenters. The second kappa shape index (κ2) is 10.7. The number of morpholine rings is 1. The van der Waals surface area contributed by atoms with E-state index in [1.807, 2.05) is 0 Å². The van der Waals surface area contributed by atoms with Crippen LogP contribution in [0.5, 0.6) is 0 Å². The highest BCUT2D eigenvalue weighted by molar-refractivity contribution is 5.94. The molecule has 33 heavy (non-hydrogen) atoms. The summed E-state index contributed by atoms with van der Waals surface area (Å²) in [5.41, 5.74) is 2.44. The van der Waals surface area contributed by atoms with Gasteiger partial charge in [-0.25, -0.2) is 9.37 Å². The topological polar surface area (TPSA) is 103 Å². The zero-order valence-electron chi connectivity index (χ0n) is 17.9. The third-order valence-electron chi connectivity index (χ3n) is 5.15. The molecule has 1 aliphatic rings. The van der Waals surface area contributed by atoms with Gasteiger partial charge in [0.1, 0.15) is 11.6 Å². The number of aromatic amines is 1. The summed E-state index contributed by atoms with van der Waals surface area (Å²) in [5.74, 6) is 6.08. The Morgan fingerprint density at radius 2 is 2.03 bits per heavy atom. The third-order valence-corrected chi connectivity index (χ3v) is 5.15. The highest BCUT2D eigenvalue weighted by Gasteiger charge is 2.18. The van der Waals surface area contributed by atoms with E-state index in [-0.39, 0.29) is 18.3 Å². The molecule has 1 atom stereocenters. The summed E-state index contributed by atoms with van der Waals surface area (Å²) in [6.07, 6.45) is 4.46. The normalized spacial score (nSPS) is 14.3. The van der Waals surface area contributed by atoms with Crippen LogP contribution in [0.3, 0.4) is 0 Å². The van der Waals surface area contributed by atoms with Gasteiger partial charge in [0.05, 0.1) is 36.6 Å². The van der Waals surface area contributed by atoms with Crippen LogP contribution in [0.4, 0.5) is 10.2 Å². The Bertz CT molecular complexity index is 1130. The second-order valence-corrected chi connectivity index (χ2v) is 7.63. The maximum absolute atomic E-state index is 13.2. The summed E-state index contributed by atoms with van der Waals surface area (Å²) in [6, 6.07) is 7.59. The summed E-state index contributed by atoms with van der Waals surface area (Å²) in [5, 5.41) is 19.4. The molecule has 8 nitrogen and oxygen atoms in total. The molecule has 1 aliphatic heterocycles. The molecule has 1 fully saturated rings. The van der Waals surface area contributed by atoms with Crippen LogP contribution in [0, 0.1) is 17.7 Å². The first-order valence-electron chi connectivity index (χ1n) is 10.6. The smallest absolute Gasteiger partial charge is 0.252 e. The van der Waals surface area contributed by atoms with Gasteiger partial charge in [0.15, 0.2) is 0 Å². The minimum Gasteiger partial charge on any atom is -0.391 e. The van der Waals surface area contributed by atoms with Crippen molar-refractivity contribution in [1.82, 2.24) is 20.5 Å². The monoisotopic (exact) mass is 449 g/mol. The first-order valence-corrected chi connectivity index (χ1v) is 10.6. The van der Waals surface area contributed by atoms with E-state index in [0.717, 1.165) is 5.56 Å². The van der Waals surface area contributed by atoms with Crippen LogP contribution < -0.4 is 10.2 Å². The number of carbonyl (C=O) groups excluding carboxylic acids is 1. The lowest BCUT2D eigenvalue weighted by Crippen LogP contribution is -2.37. The van der Waals surface area contributed by atoms with Gasteiger partial charge >= 0.3 is 0 Å². The fraction of sp³-hybridized carbons (Fsp3) is 0.292. The van der Waals surface area contributed by atoms with Crippen molar-refractivity contribution < 1.29 is 19.0 Å². The number of hydrogen-bond donors (Lipinski definition) is 3. The predicted octanol–water partition coefficient (Wildman–Crippen LogP) is 1.51. The number of nitrogens with one attached hydrogen (secondary N) is 2. The molecule has 3 heterocycles. The van der Waals surface area contributed by atoms with Crippen LogP contribution in [0.1, 0.15) is 27.0 Å². The van der Waals surface area contributed by atoms with Crippen molar-refractivity contribution in [3.05, 3.63) is 77.0 Å². The van der Waals surface area contributed by atoms with Crippen molar-refractivity contribution in [2.75, 3.05) is 37.7 Å². The molecule has 1 aromatic carbocycles. The number of carbonyl (C=O) groups is 1. The van der Waals surface area contributed by atoms with Crippen molar-refractivity contribution in [3.8, 4) is 11.8 Å². The fourth-order valence-electron chi connectivity index (χ4n) is 3.42. The molecule has 3 N–H and O–H groups in total. The van der Waals surface area contributed by atoms with E-state index >= 15 is 0 Å². The average molecular weight is 449 g/mol. The number of anilines is 1. The molecule has 9 heteroatoms. The summed E-state index contributed by atoms with van der Waals surface area (Å²) >= 11 is 0. The first-order chi connectivity index (χ1) is 16.1. The number of nitrogens with zero attached hydrogens (tertiary/aromatic N) is 3. The molecule has 1 saturated heterocycles. The number of benzene rings is 1. The second-order valence-electron chi connectivity index (χ2n) is 7.63. The summed E-state index contributed by atoms with van der Waals surface area (Å²) < 4.78 is 18.6. The number of H-pyrrole nitrogens is 1. The highest BCUT2D eigenvalue weighted by atomic mass is 19.1. The van der Waals surface area contributed by atoms with E-state index in [4.69, 9.17) is 4.74 Å². The number of pyridine rings is 1. The first kappa shape index (κ1) is 22.5. The Morgan fingerprint density at radius 3 is 2.76 bits per heavy atom. The number of rotatable bonds is 6. The third kappa shape index (κ3) is 6.16.